The standard InChI is InChI=1S/C29H45N5O6Si/c1-29(2,3)40-28(37)32-23-17-25(35)33(4)13-9-10-20-16-21(30-27(36)38-5)11-12-22(20)24-18-34(26(23)31-24)19-39-14-15-41(6,7)8/h11-12,16,18,23H,9-10,13-15,17,19H2,1-8H3,(H,30,36)(H,32,37)/t23-/m0/s1. The number of carbonyl (C=O) groups excluding carboxylic acids is 3. The first-order chi connectivity index (χ1) is 19.1. The summed E-state index contributed by atoms with van der Waals surface area (Å²) in [6, 6.07) is 5.89. The third-order valence-corrected chi connectivity index (χ3v) is 8.30. The van der Waals surface area contributed by atoms with Gasteiger partial charge in [-0.2, -0.15) is 0 Å². The van der Waals surface area contributed by atoms with Crippen LogP contribution in [0.2, 0.25) is 25.7 Å². The Hall–Kier alpha value is -3.38. The number of amides is 3. The van der Waals surface area contributed by atoms with Gasteiger partial charge in [-0.3, -0.25) is 10.1 Å². The first kappa shape index (κ1) is 32.1. The molecule has 2 heterocycles. The highest BCUT2D eigenvalue weighted by Crippen LogP contribution is 2.31. The Bertz CT molecular complexity index is 1230. The monoisotopic (exact) mass is 587 g/mol. The Morgan fingerprint density at radius 2 is 1.90 bits per heavy atom. The highest BCUT2D eigenvalue weighted by atomic mass is 28.3. The fourth-order valence-corrected chi connectivity index (χ4v) is 5.16. The fraction of sp³-hybridized carbons (Fsp3) is 0.586. The van der Waals surface area contributed by atoms with E-state index in [0.29, 0.717) is 43.2 Å². The molecule has 12 heteroatoms. The molecule has 3 rings (SSSR count). The minimum atomic E-state index is -1.30. The van der Waals surface area contributed by atoms with Crippen molar-refractivity contribution in [2.45, 2.75) is 84.1 Å². The number of aromatic nitrogens is 2. The predicted octanol–water partition coefficient (Wildman–Crippen LogP) is 5.40. The molecule has 2 N–H and O–H groups in total. The highest BCUT2D eigenvalue weighted by Gasteiger charge is 2.29. The summed E-state index contributed by atoms with van der Waals surface area (Å²) in [5.41, 5.74) is 2.45. The molecule has 2 bridgehead atoms. The van der Waals surface area contributed by atoms with Crippen LogP contribution in [0, 0.1) is 0 Å². The van der Waals surface area contributed by atoms with Crippen molar-refractivity contribution in [2.75, 3.05) is 32.6 Å². The predicted molar refractivity (Wildman–Crippen MR) is 160 cm³/mol. The zero-order chi connectivity index (χ0) is 30.4. The van der Waals surface area contributed by atoms with Crippen LogP contribution in [0.3, 0.4) is 0 Å². The Morgan fingerprint density at radius 1 is 1.17 bits per heavy atom. The van der Waals surface area contributed by atoms with Crippen molar-refractivity contribution in [1.29, 1.82) is 0 Å². The minimum Gasteiger partial charge on any atom is -0.453 e. The Morgan fingerprint density at radius 3 is 2.56 bits per heavy atom. The molecule has 1 atom stereocenters. The molecule has 0 radical (unpaired) electrons. The van der Waals surface area contributed by atoms with Crippen LogP contribution >= 0.6 is 0 Å². The quantitative estimate of drug-likeness (QED) is 0.328. The maximum absolute atomic E-state index is 13.3. The van der Waals surface area contributed by atoms with Crippen molar-refractivity contribution < 1.29 is 28.6 Å². The van der Waals surface area contributed by atoms with Gasteiger partial charge in [-0.1, -0.05) is 25.7 Å². The average molecular weight is 588 g/mol. The average Bonchev–Trinajstić information content (AvgIpc) is 3.28. The molecule has 1 aromatic heterocycles. The number of hydrogen-bond acceptors (Lipinski definition) is 7. The van der Waals surface area contributed by atoms with Gasteiger partial charge in [0.15, 0.2) is 0 Å². The van der Waals surface area contributed by atoms with Crippen LogP contribution in [0.15, 0.2) is 24.4 Å². The minimum absolute atomic E-state index is 0.0238. The number of aryl methyl sites for hydroxylation is 1. The molecule has 0 spiro atoms. The highest BCUT2D eigenvalue weighted by molar-refractivity contribution is 6.76. The number of alkyl carbamates (subject to hydrolysis) is 1. The lowest BCUT2D eigenvalue weighted by Gasteiger charge is -2.25. The molecule has 0 unspecified atom stereocenters. The number of imidazole rings is 1. The van der Waals surface area contributed by atoms with Crippen LogP contribution in [-0.4, -0.2) is 73.5 Å². The number of carbonyl (C=O) groups is 3. The van der Waals surface area contributed by atoms with Crippen LogP contribution < -0.4 is 10.6 Å². The first-order valence-corrected chi connectivity index (χ1v) is 17.7. The maximum Gasteiger partial charge on any atom is 0.411 e. The number of fused-ring (bicyclic) bond motifs is 4. The second-order valence-electron chi connectivity index (χ2n) is 12.6. The fourth-order valence-electron chi connectivity index (χ4n) is 4.40. The van der Waals surface area contributed by atoms with Gasteiger partial charge in [0.25, 0.3) is 0 Å². The van der Waals surface area contributed by atoms with Crippen molar-refractivity contribution in [3.05, 3.63) is 35.8 Å². The van der Waals surface area contributed by atoms with E-state index in [-0.39, 0.29) is 19.1 Å². The van der Waals surface area contributed by atoms with Crippen LogP contribution in [0.1, 0.15) is 51.0 Å². The second-order valence-corrected chi connectivity index (χ2v) is 18.2. The lowest BCUT2D eigenvalue weighted by molar-refractivity contribution is -0.130. The van der Waals surface area contributed by atoms with Gasteiger partial charge in [-0.25, -0.2) is 14.6 Å². The lowest BCUT2D eigenvalue weighted by atomic mass is 9.99. The van der Waals surface area contributed by atoms with Gasteiger partial charge in [-0.05, 0) is 57.4 Å². The summed E-state index contributed by atoms with van der Waals surface area (Å²) in [7, 11) is 1.78. The van der Waals surface area contributed by atoms with Crippen LogP contribution in [0.25, 0.3) is 11.3 Å². The molecule has 1 aliphatic rings. The van der Waals surface area contributed by atoms with E-state index in [0.717, 1.165) is 17.2 Å². The van der Waals surface area contributed by atoms with Crippen molar-refractivity contribution >= 4 is 31.9 Å². The molecule has 0 aliphatic carbocycles. The third-order valence-electron chi connectivity index (χ3n) is 6.59. The third kappa shape index (κ3) is 9.89. The van der Waals surface area contributed by atoms with E-state index < -0.39 is 31.9 Å². The van der Waals surface area contributed by atoms with Crippen LogP contribution in [-0.2, 0) is 32.2 Å². The molecular formula is C29H45N5O6Si. The summed E-state index contributed by atoms with van der Waals surface area (Å²) in [6.45, 7) is 13.6. The van der Waals surface area contributed by atoms with Gasteiger partial charge >= 0.3 is 12.2 Å². The van der Waals surface area contributed by atoms with E-state index in [9.17, 15) is 14.4 Å². The molecule has 0 saturated heterocycles. The van der Waals surface area contributed by atoms with E-state index >= 15 is 0 Å². The number of nitrogens with one attached hydrogen (secondary N) is 2. The zero-order valence-corrected chi connectivity index (χ0v) is 26.6. The zero-order valence-electron chi connectivity index (χ0n) is 25.6. The molecule has 2 aromatic rings. The number of nitrogens with zero attached hydrogens (tertiary/aromatic N) is 3. The van der Waals surface area contributed by atoms with E-state index in [4.69, 9.17) is 19.2 Å². The number of ether oxygens (including phenoxy) is 3. The number of benzene rings is 1. The first-order valence-electron chi connectivity index (χ1n) is 14.0. The number of rotatable bonds is 7. The topological polar surface area (TPSA) is 124 Å². The van der Waals surface area contributed by atoms with Gasteiger partial charge in [0.05, 0.1) is 25.3 Å². The molecule has 11 nitrogen and oxygen atoms in total. The van der Waals surface area contributed by atoms with Gasteiger partial charge in [0, 0.05) is 45.7 Å². The molecule has 226 valence electrons. The molecule has 1 aromatic carbocycles. The van der Waals surface area contributed by atoms with Crippen molar-refractivity contribution in [1.82, 2.24) is 19.8 Å². The van der Waals surface area contributed by atoms with E-state index in [1.807, 2.05) is 22.9 Å². The normalized spacial score (nSPS) is 16.2. The number of methoxy groups -OCH3 is 1. The Labute approximate surface area is 243 Å². The van der Waals surface area contributed by atoms with Crippen LogP contribution in [0.4, 0.5) is 15.3 Å². The van der Waals surface area contributed by atoms with E-state index in [1.165, 1.54) is 7.11 Å². The molecule has 0 fully saturated rings. The van der Waals surface area contributed by atoms with Gasteiger partial charge < -0.3 is 29.0 Å². The molecule has 41 heavy (non-hydrogen) atoms. The van der Waals surface area contributed by atoms with Gasteiger partial charge in [0.2, 0.25) is 5.91 Å². The van der Waals surface area contributed by atoms with Gasteiger partial charge in [-0.15, -0.1) is 0 Å². The molecule has 1 aliphatic heterocycles. The summed E-state index contributed by atoms with van der Waals surface area (Å²) in [6.07, 6.45) is 2.11. The van der Waals surface area contributed by atoms with Crippen molar-refractivity contribution in [3.8, 4) is 11.3 Å². The summed E-state index contributed by atoms with van der Waals surface area (Å²) in [4.78, 5) is 44.6. The molecular weight excluding hydrogens is 542 g/mol. The Balaban J connectivity index is 2.06. The largest absolute Gasteiger partial charge is 0.453 e. The summed E-state index contributed by atoms with van der Waals surface area (Å²) < 4.78 is 18.2. The smallest absolute Gasteiger partial charge is 0.411 e. The number of hydrogen-bond donors (Lipinski definition) is 2. The summed E-state index contributed by atoms with van der Waals surface area (Å²) in [5, 5.41) is 5.61. The van der Waals surface area contributed by atoms with E-state index in [1.54, 1.807) is 38.8 Å². The molecule has 3 amide bonds. The van der Waals surface area contributed by atoms with Crippen molar-refractivity contribution in [3.63, 3.8) is 0 Å². The van der Waals surface area contributed by atoms with Gasteiger partial charge in [0.1, 0.15) is 18.2 Å². The second kappa shape index (κ2) is 13.5. The van der Waals surface area contributed by atoms with Crippen molar-refractivity contribution in [2.24, 2.45) is 0 Å². The lowest BCUT2D eigenvalue weighted by Crippen LogP contribution is -2.39. The maximum atomic E-state index is 13.3. The SMILES string of the molecule is COC(=O)Nc1ccc2c(c1)CCCN(C)C(=O)C[C@H](NC(=O)OC(C)(C)C)c1nc-2cn1COCC[Si](C)(C)C. The summed E-state index contributed by atoms with van der Waals surface area (Å²) >= 11 is 0. The molecule has 0 saturated carbocycles. The Kier molecular flexibility index (Phi) is 10.6. The summed E-state index contributed by atoms with van der Waals surface area (Å²) in [5.74, 6) is 0.382. The van der Waals surface area contributed by atoms with E-state index in [2.05, 4.69) is 30.3 Å². The van der Waals surface area contributed by atoms with Crippen LogP contribution in [0.5, 0.6) is 0 Å². The number of anilines is 1.